The summed E-state index contributed by atoms with van der Waals surface area (Å²) in [6.45, 7) is 3.01. The van der Waals surface area contributed by atoms with Gasteiger partial charge < -0.3 is 10.6 Å². The van der Waals surface area contributed by atoms with Gasteiger partial charge in [-0.15, -0.1) is 0 Å². The normalized spacial score (nSPS) is 10.3. The molecule has 0 radical (unpaired) electrons. The number of unbranched alkanes of at least 4 members (excludes halogenated alkanes) is 2. The third kappa shape index (κ3) is 5.87. The average molecular weight is 360 g/mol. The van der Waals surface area contributed by atoms with Crippen LogP contribution in [0.4, 0.5) is 0 Å². The molecular weight excluding hydrogens is 338 g/mol. The van der Waals surface area contributed by atoms with Gasteiger partial charge in [0.2, 0.25) is 0 Å². The topological polar surface area (TPSA) is 71.1 Å². The highest BCUT2D eigenvalue weighted by atomic mass is 35.5. The van der Waals surface area contributed by atoms with Crippen LogP contribution >= 0.6 is 11.6 Å². The molecule has 1 aromatic carbocycles. The molecule has 132 valence electrons. The fourth-order valence-electron chi connectivity index (χ4n) is 2.26. The summed E-state index contributed by atoms with van der Waals surface area (Å²) < 4.78 is 0. The minimum Gasteiger partial charge on any atom is -0.351 e. The smallest absolute Gasteiger partial charge is 0.270 e. The molecule has 2 aromatic rings. The Morgan fingerprint density at radius 2 is 1.64 bits per heavy atom. The lowest BCUT2D eigenvalue weighted by molar-refractivity contribution is 0.0942. The summed E-state index contributed by atoms with van der Waals surface area (Å²) in [5.41, 5.74) is 1.26. The van der Waals surface area contributed by atoms with Gasteiger partial charge in [-0.2, -0.15) is 0 Å². The lowest BCUT2D eigenvalue weighted by Gasteiger charge is -2.08. The van der Waals surface area contributed by atoms with E-state index in [4.69, 9.17) is 11.6 Å². The van der Waals surface area contributed by atoms with Crippen LogP contribution in [0.2, 0.25) is 5.02 Å². The van der Waals surface area contributed by atoms with Crippen LogP contribution in [0, 0.1) is 0 Å². The van der Waals surface area contributed by atoms with Crippen molar-refractivity contribution in [3.05, 3.63) is 64.4 Å². The predicted octanol–water partition coefficient (Wildman–Crippen LogP) is 3.59. The lowest BCUT2D eigenvalue weighted by atomic mass is 10.2. The van der Waals surface area contributed by atoms with Gasteiger partial charge in [0.15, 0.2) is 0 Å². The number of benzene rings is 1. The first kappa shape index (κ1) is 18.9. The Morgan fingerprint density at radius 1 is 0.960 bits per heavy atom. The van der Waals surface area contributed by atoms with Crippen LogP contribution in [-0.2, 0) is 6.54 Å². The third-order valence-corrected chi connectivity index (χ3v) is 4.05. The van der Waals surface area contributed by atoms with E-state index in [0.717, 1.165) is 24.8 Å². The summed E-state index contributed by atoms with van der Waals surface area (Å²) in [7, 11) is 0. The molecule has 2 rings (SSSR count). The molecule has 0 bridgehead atoms. The molecule has 6 heteroatoms. The molecule has 1 aromatic heterocycles. The Hall–Kier alpha value is -2.40. The SMILES string of the molecule is CCCCCNC(=O)c1cccc(C(=O)NCc2ccccc2Cl)n1. The fourth-order valence-corrected chi connectivity index (χ4v) is 2.47. The predicted molar refractivity (Wildman–Crippen MR) is 98.7 cm³/mol. The maximum absolute atomic E-state index is 12.3. The summed E-state index contributed by atoms with van der Waals surface area (Å²) in [6, 6.07) is 12.1. The van der Waals surface area contributed by atoms with Crippen molar-refractivity contribution in [1.82, 2.24) is 15.6 Å². The van der Waals surface area contributed by atoms with E-state index in [2.05, 4.69) is 22.5 Å². The highest BCUT2D eigenvalue weighted by molar-refractivity contribution is 6.31. The fraction of sp³-hybridized carbons (Fsp3) is 0.316. The molecule has 2 N–H and O–H groups in total. The molecule has 0 aliphatic carbocycles. The zero-order valence-corrected chi connectivity index (χ0v) is 15.0. The number of pyridine rings is 1. The van der Waals surface area contributed by atoms with Gasteiger partial charge in [-0.3, -0.25) is 9.59 Å². The van der Waals surface area contributed by atoms with E-state index in [0.29, 0.717) is 18.1 Å². The van der Waals surface area contributed by atoms with Gasteiger partial charge in [0, 0.05) is 18.1 Å². The number of rotatable bonds is 8. The van der Waals surface area contributed by atoms with Crippen LogP contribution in [-0.4, -0.2) is 23.3 Å². The van der Waals surface area contributed by atoms with Crippen LogP contribution in [0.3, 0.4) is 0 Å². The Kier molecular flexibility index (Phi) is 7.41. The molecule has 0 aliphatic heterocycles. The number of halogens is 1. The molecule has 25 heavy (non-hydrogen) atoms. The maximum atomic E-state index is 12.3. The van der Waals surface area contributed by atoms with Crippen LogP contribution in [0.25, 0.3) is 0 Å². The Balaban J connectivity index is 1.94. The van der Waals surface area contributed by atoms with Gasteiger partial charge in [0.1, 0.15) is 11.4 Å². The van der Waals surface area contributed by atoms with E-state index in [1.54, 1.807) is 24.3 Å². The molecule has 5 nitrogen and oxygen atoms in total. The minimum absolute atomic E-state index is 0.202. The number of aromatic nitrogens is 1. The second kappa shape index (κ2) is 9.79. The second-order valence-electron chi connectivity index (χ2n) is 5.65. The molecule has 0 fully saturated rings. The summed E-state index contributed by atoms with van der Waals surface area (Å²) in [5, 5.41) is 6.17. The van der Waals surface area contributed by atoms with Gasteiger partial charge in [-0.05, 0) is 30.2 Å². The van der Waals surface area contributed by atoms with E-state index < -0.39 is 0 Å². The van der Waals surface area contributed by atoms with Crippen molar-refractivity contribution in [2.24, 2.45) is 0 Å². The molecule has 0 unspecified atom stereocenters. The summed E-state index contributed by atoms with van der Waals surface area (Å²) in [4.78, 5) is 28.5. The number of hydrogen-bond donors (Lipinski definition) is 2. The molecule has 0 saturated heterocycles. The van der Waals surface area contributed by atoms with Gasteiger partial charge in [-0.25, -0.2) is 4.98 Å². The third-order valence-electron chi connectivity index (χ3n) is 3.68. The van der Waals surface area contributed by atoms with Gasteiger partial charge in [-0.1, -0.05) is 55.6 Å². The van der Waals surface area contributed by atoms with Gasteiger partial charge in [0.05, 0.1) is 0 Å². The van der Waals surface area contributed by atoms with Crippen molar-refractivity contribution in [2.45, 2.75) is 32.7 Å². The highest BCUT2D eigenvalue weighted by Gasteiger charge is 2.12. The average Bonchev–Trinajstić information content (AvgIpc) is 2.64. The lowest BCUT2D eigenvalue weighted by Crippen LogP contribution is -2.28. The molecule has 1 heterocycles. The highest BCUT2D eigenvalue weighted by Crippen LogP contribution is 2.14. The number of nitrogens with one attached hydrogen (secondary N) is 2. The monoisotopic (exact) mass is 359 g/mol. The second-order valence-corrected chi connectivity index (χ2v) is 6.05. The Labute approximate surface area is 152 Å². The zero-order chi connectivity index (χ0) is 18.1. The number of carbonyl (C=O) groups excluding carboxylic acids is 2. The number of carbonyl (C=O) groups is 2. The van der Waals surface area contributed by atoms with Crippen molar-refractivity contribution < 1.29 is 9.59 Å². The van der Waals surface area contributed by atoms with Gasteiger partial charge >= 0.3 is 0 Å². The maximum Gasteiger partial charge on any atom is 0.270 e. The molecule has 0 aliphatic rings. The number of amides is 2. The van der Waals surface area contributed by atoms with Crippen molar-refractivity contribution in [3.63, 3.8) is 0 Å². The first-order chi connectivity index (χ1) is 12.1. The summed E-state index contributed by atoms with van der Waals surface area (Å²) >= 11 is 6.07. The van der Waals surface area contributed by atoms with Crippen LogP contribution < -0.4 is 10.6 Å². The largest absolute Gasteiger partial charge is 0.351 e. The minimum atomic E-state index is -0.347. The van der Waals surface area contributed by atoms with E-state index in [-0.39, 0.29) is 23.2 Å². The number of hydrogen-bond acceptors (Lipinski definition) is 3. The molecule has 0 spiro atoms. The standard InChI is InChI=1S/C19H22ClN3O2/c1-2-3-6-12-21-18(24)16-10-7-11-17(23-16)19(25)22-13-14-8-4-5-9-15(14)20/h4-5,7-11H,2-3,6,12-13H2,1H3,(H,21,24)(H,22,25). The summed E-state index contributed by atoms with van der Waals surface area (Å²) in [6.07, 6.45) is 3.09. The molecular formula is C19H22ClN3O2. The van der Waals surface area contributed by atoms with Crippen molar-refractivity contribution in [2.75, 3.05) is 6.54 Å². The quantitative estimate of drug-likeness (QED) is 0.707. The van der Waals surface area contributed by atoms with E-state index in [1.807, 2.05) is 18.2 Å². The Morgan fingerprint density at radius 3 is 2.32 bits per heavy atom. The molecule has 0 atom stereocenters. The van der Waals surface area contributed by atoms with E-state index >= 15 is 0 Å². The van der Waals surface area contributed by atoms with Crippen molar-refractivity contribution in [3.8, 4) is 0 Å². The zero-order valence-electron chi connectivity index (χ0n) is 14.2. The van der Waals surface area contributed by atoms with Crippen LogP contribution in [0.1, 0.15) is 52.7 Å². The van der Waals surface area contributed by atoms with Gasteiger partial charge in [0.25, 0.3) is 11.8 Å². The number of nitrogens with zero attached hydrogens (tertiary/aromatic N) is 1. The van der Waals surface area contributed by atoms with Crippen molar-refractivity contribution in [1.29, 1.82) is 0 Å². The Bertz CT molecular complexity index is 734. The summed E-state index contributed by atoms with van der Waals surface area (Å²) in [5.74, 6) is -0.614. The van der Waals surface area contributed by atoms with E-state index in [9.17, 15) is 9.59 Å². The first-order valence-corrected chi connectivity index (χ1v) is 8.76. The van der Waals surface area contributed by atoms with Crippen LogP contribution in [0.15, 0.2) is 42.5 Å². The van der Waals surface area contributed by atoms with E-state index in [1.165, 1.54) is 0 Å². The molecule has 0 saturated carbocycles. The first-order valence-electron chi connectivity index (χ1n) is 8.38. The molecule has 2 amide bonds. The van der Waals surface area contributed by atoms with Crippen molar-refractivity contribution >= 4 is 23.4 Å². The van der Waals surface area contributed by atoms with Crippen LogP contribution in [0.5, 0.6) is 0 Å².